The molecular formula is C18H23. The van der Waals surface area contributed by atoms with Crippen LogP contribution in [0, 0.1) is 6.07 Å². The van der Waals surface area contributed by atoms with E-state index in [4.69, 9.17) is 0 Å². The van der Waals surface area contributed by atoms with Gasteiger partial charge >= 0.3 is 0 Å². The molecule has 95 valence electrons. The molecule has 3 saturated carbocycles. The van der Waals surface area contributed by atoms with Gasteiger partial charge in [0.25, 0.3) is 0 Å². The number of hydrogen-bond acceptors (Lipinski definition) is 0. The van der Waals surface area contributed by atoms with Crippen molar-refractivity contribution in [2.75, 3.05) is 0 Å². The van der Waals surface area contributed by atoms with Crippen molar-refractivity contribution in [3.8, 4) is 0 Å². The van der Waals surface area contributed by atoms with Crippen LogP contribution >= 0.6 is 0 Å². The first-order valence-corrected chi connectivity index (χ1v) is 7.97. The number of benzene rings is 1. The Morgan fingerprint density at radius 3 is 1.44 bits per heavy atom. The minimum absolute atomic E-state index is 0.886. The highest BCUT2D eigenvalue weighted by Crippen LogP contribution is 2.49. The molecule has 18 heavy (non-hydrogen) atoms. The zero-order chi connectivity index (χ0) is 11.9. The van der Waals surface area contributed by atoms with E-state index >= 15 is 0 Å². The van der Waals surface area contributed by atoms with Crippen LogP contribution in [0.2, 0.25) is 0 Å². The molecule has 0 aromatic heterocycles. The summed E-state index contributed by atoms with van der Waals surface area (Å²) in [6.45, 7) is 0. The fourth-order valence-corrected chi connectivity index (χ4v) is 3.83. The Balaban J connectivity index is 1.75. The molecule has 0 amide bonds. The first-order chi connectivity index (χ1) is 8.93. The monoisotopic (exact) mass is 239 g/mol. The molecule has 0 heterocycles. The van der Waals surface area contributed by atoms with E-state index in [0.29, 0.717) is 0 Å². The van der Waals surface area contributed by atoms with Crippen LogP contribution in [0.1, 0.15) is 92.2 Å². The van der Waals surface area contributed by atoms with Gasteiger partial charge in [-0.1, -0.05) is 31.4 Å². The molecule has 0 spiro atoms. The Morgan fingerprint density at radius 2 is 1.11 bits per heavy atom. The molecule has 0 heteroatoms. The molecule has 0 unspecified atom stereocenters. The van der Waals surface area contributed by atoms with E-state index in [0.717, 1.165) is 17.8 Å². The van der Waals surface area contributed by atoms with Gasteiger partial charge in [0.2, 0.25) is 0 Å². The Kier molecular flexibility index (Phi) is 2.71. The van der Waals surface area contributed by atoms with E-state index in [1.807, 2.05) is 0 Å². The van der Waals surface area contributed by atoms with Gasteiger partial charge in [-0.2, -0.15) is 0 Å². The maximum absolute atomic E-state index is 3.47. The first kappa shape index (κ1) is 11.1. The quantitative estimate of drug-likeness (QED) is 0.672. The average Bonchev–Trinajstić information content (AvgIpc) is 2.14. The molecule has 0 N–H and O–H groups in total. The van der Waals surface area contributed by atoms with E-state index < -0.39 is 0 Å². The molecule has 0 saturated heterocycles. The summed E-state index contributed by atoms with van der Waals surface area (Å²) in [5.74, 6) is 2.68. The van der Waals surface area contributed by atoms with Gasteiger partial charge in [0.05, 0.1) is 0 Å². The zero-order valence-electron chi connectivity index (χ0n) is 11.3. The minimum Gasteiger partial charge on any atom is -0.0521 e. The SMILES string of the molecule is [c]1cc(C2CCC2)c(C2CCC2)c(C2CCC2)c1. The average molecular weight is 239 g/mol. The lowest BCUT2D eigenvalue weighted by Gasteiger charge is -2.38. The van der Waals surface area contributed by atoms with Crippen LogP contribution in [0.5, 0.6) is 0 Å². The summed E-state index contributed by atoms with van der Waals surface area (Å²) >= 11 is 0. The maximum atomic E-state index is 3.47. The van der Waals surface area contributed by atoms with Crippen LogP contribution in [0.4, 0.5) is 0 Å². The molecule has 1 radical (unpaired) electrons. The predicted molar refractivity (Wildman–Crippen MR) is 75.1 cm³/mol. The third-order valence-electron chi connectivity index (χ3n) is 5.70. The van der Waals surface area contributed by atoms with Gasteiger partial charge in [-0.05, 0) is 79.0 Å². The van der Waals surface area contributed by atoms with Crippen molar-refractivity contribution in [1.82, 2.24) is 0 Å². The summed E-state index contributed by atoms with van der Waals surface area (Å²) in [4.78, 5) is 0. The summed E-state index contributed by atoms with van der Waals surface area (Å²) < 4.78 is 0. The summed E-state index contributed by atoms with van der Waals surface area (Å²) in [7, 11) is 0. The van der Waals surface area contributed by atoms with Crippen molar-refractivity contribution >= 4 is 0 Å². The first-order valence-electron chi connectivity index (χ1n) is 7.97. The van der Waals surface area contributed by atoms with E-state index in [9.17, 15) is 0 Å². The van der Waals surface area contributed by atoms with Crippen LogP contribution in [0.25, 0.3) is 0 Å². The second-order valence-electron chi connectivity index (χ2n) is 6.66. The molecule has 0 aliphatic heterocycles. The minimum atomic E-state index is 0.886. The smallest absolute Gasteiger partial charge is 0.0156 e. The molecule has 1 aromatic carbocycles. The van der Waals surface area contributed by atoms with Crippen molar-refractivity contribution in [3.63, 3.8) is 0 Å². The second kappa shape index (κ2) is 4.40. The van der Waals surface area contributed by atoms with Gasteiger partial charge in [0.1, 0.15) is 0 Å². The topological polar surface area (TPSA) is 0 Å². The maximum Gasteiger partial charge on any atom is -0.0156 e. The van der Waals surface area contributed by atoms with Crippen molar-refractivity contribution in [2.45, 2.75) is 75.5 Å². The van der Waals surface area contributed by atoms with Crippen molar-refractivity contribution in [1.29, 1.82) is 0 Å². The van der Waals surface area contributed by atoms with Crippen LogP contribution in [0.3, 0.4) is 0 Å². The lowest BCUT2D eigenvalue weighted by molar-refractivity contribution is 0.370. The van der Waals surface area contributed by atoms with E-state index in [2.05, 4.69) is 18.2 Å². The van der Waals surface area contributed by atoms with Crippen molar-refractivity contribution in [3.05, 3.63) is 34.9 Å². The third-order valence-corrected chi connectivity index (χ3v) is 5.70. The lowest BCUT2D eigenvalue weighted by Crippen LogP contribution is -2.21. The van der Waals surface area contributed by atoms with E-state index in [1.54, 1.807) is 16.7 Å². The largest absolute Gasteiger partial charge is 0.0521 e. The second-order valence-corrected chi connectivity index (χ2v) is 6.66. The Labute approximate surface area is 111 Å². The van der Waals surface area contributed by atoms with E-state index in [-0.39, 0.29) is 0 Å². The van der Waals surface area contributed by atoms with Gasteiger partial charge in [-0.15, -0.1) is 0 Å². The molecule has 0 nitrogen and oxygen atoms in total. The molecule has 3 aliphatic carbocycles. The fraction of sp³-hybridized carbons (Fsp3) is 0.667. The summed E-state index contributed by atoms with van der Waals surface area (Å²) in [6, 6.07) is 8.14. The molecule has 0 bridgehead atoms. The van der Waals surface area contributed by atoms with Crippen LogP contribution in [0.15, 0.2) is 12.1 Å². The fourth-order valence-electron chi connectivity index (χ4n) is 3.83. The molecule has 3 aliphatic rings. The molecule has 0 atom stereocenters. The lowest BCUT2D eigenvalue weighted by atomic mass is 9.67. The van der Waals surface area contributed by atoms with Crippen LogP contribution in [-0.4, -0.2) is 0 Å². The van der Waals surface area contributed by atoms with Crippen LogP contribution in [-0.2, 0) is 0 Å². The standard InChI is InChI=1S/C18H23/c1-5-13(6-1)16-11-4-12-17(14-7-2-8-14)18(16)15-9-3-10-15/h11-15H,1-3,5-10H2. The highest BCUT2D eigenvalue weighted by Gasteiger charge is 2.32. The molecule has 3 fully saturated rings. The van der Waals surface area contributed by atoms with Gasteiger partial charge in [0.15, 0.2) is 0 Å². The Bertz CT molecular complexity index is 401. The molecular weight excluding hydrogens is 216 g/mol. The summed E-state index contributed by atoms with van der Waals surface area (Å²) in [5, 5.41) is 0. The van der Waals surface area contributed by atoms with Crippen LogP contribution < -0.4 is 0 Å². The summed E-state index contributed by atoms with van der Waals surface area (Å²) in [5.41, 5.74) is 5.21. The number of hydrogen-bond donors (Lipinski definition) is 0. The van der Waals surface area contributed by atoms with Gasteiger partial charge in [-0.3, -0.25) is 0 Å². The van der Waals surface area contributed by atoms with Gasteiger partial charge in [-0.25, -0.2) is 0 Å². The summed E-state index contributed by atoms with van der Waals surface area (Å²) in [6.07, 6.45) is 13.0. The Hall–Kier alpha value is -0.780. The van der Waals surface area contributed by atoms with Crippen molar-refractivity contribution < 1.29 is 0 Å². The van der Waals surface area contributed by atoms with Crippen molar-refractivity contribution in [2.24, 2.45) is 0 Å². The molecule has 4 rings (SSSR count). The predicted octanol–water partition coefficient (Wildman–Crippen LogP) is 5.29. The third kappa shape index (κ3) is 1.65. The molecule has 1 aromatic rings. The van der Waals surface area contributed by atoms with E-state index in [1.165, 1.54) is 57.8 Å². The Morgan fingerprint density at radius 1 is 0.667 bits per heavy atom. The highest BCUT2D eigenvalue weighted by atomic mass is 14.4. The van der Waals surface area contributed by atoms with Gasteiger partial charge < -0.3 is 0 Å². The number of rotatable bonds is 3. The highest BCUT2D eigenvalue weighted by molar-refractivity contribution is 5.44. The van der Waals surface area contributed by atoms with Gasteiger partial charge in [0, 0.05) is 0 Å². The zero-order valence-corrected chi connectivity index (χ0v) is 11.3. The normalized spacial score (nSPS) is 25.3.